The maximum absolute atomic E-state index is 5.79. The number of hydrogen-bond acceptors (Lipinski definition) is 8. The van der Waals surface area contributed by atoms with Gasteiger partial charge in [-0.05, 0) is 12.8 Å². The van der Waals surface area contributed by atoms with Crippen LogP contribution in [0.2, 0.25) is 0 Å². The van der Waals surface area contributed by atoms with Crippen LogP contribution in [0, 0.1) is 11.8 Å². The van der Waals surface area contributed by atoms with E-state index in [1.165, 1.54) is 25.7 Å². The molecule has 2 fully saturated rings. The fourth-order valence-corrected chi connectivity index (χ4v) is 3.76. The summed E-state index contributed by atoms with van der Waals surface area (Å²) in [5, 5.41) is 0. The summed E-state index contributed by atoms with van der Waals surface area (Å²) in [6, 6.07) is 0. The molecule has 0 unspecified atom stereocenters. The molecule has 8 nitrogen and oxygen atoms in total. The molecule has 0 spiro atoms. The summed E-state index contributed by atoms with van der Waals surface area (Å²) in [7, 11) is 0. The van der Waals surface area contributed by atoms with Crippen molar-refractivity contribution in [1.82, 2.24) is 0 Å². The van der Waals surface area contributed by atoms with Gasteiger partial charge in [0.05, 0.1) is 106 Å². The zero-order chi connectivity index (χ0) is 22.4. The molecule has 0 aromatic rings. The third kappa shape index (κ3) is 16.3. The van der Waals surface area contributed by atoms with Crippen LogP contribution in [0.25, 0.3) is 0 Å². The Labute approximate surface area is 194 Å². The number of rotatable bonds is 7. The summed E-state index contributed by atoms with van der Waals surface area (Å²) in [6.07, 6.45) is 7.15. The monoisotopic (exact) mass is 462 g/mol. The molecule has 2 aliphatic rings. The first-order chi connectivity index (χ1) is 15.9. The van der Waals surface area contributed by atoms with Crippen LogP contribution in [0.3, 0.4) is 0 Å². The minimum atomic E-state index is 0.442. The van der Waals surface area contributed by atoms with E-state index >= 15 is 0 Å². The van der Waals surface area contributed by atoms with E-state index in [4.69, 9.17) is 37.9 Å². The molecule has 0 atom stereocenters. The van der Waals surface area contributed by atoms with Gasteiger partial charge in [0, 0.05) is 11.8 Å². The summed E-state index contributed by atoms with van der Waals surface area (Å²) in [5.74, 6) is 0.884. The molecular formula is C24H46O8. The van der Waals surface area contributed by atoms with Crippen LogP contribution in [0.15, 0.2) is 0 Å². The Kier molecular flexibility index (Phi) is 18.5. The molecule has 2 aliphatic heterocycles. The molecule has 32 heavy (non-hydrogen) atoms. The fourth-order valence-electron chi connectivity index (χ4n) is 3.76. The first kappa shape index (κ1) is 27.9. The summed E-state index contributed by atoms with van der Waals surface area (Å²) < 4.78 is 45.1. The van der Waals surface area contributed by atoms with Crippen molar-refractivity contribution in [1.29, 1.82) is 0 Å². The Morgan fingerprint density at radius 2 is 0.562 bits per heavy atom. The summed E-state index contributed by atoms with van der Waals surface area (Å²) in [4.78, 5) is 0. The van der Waals surface area contributed by atoms with Crippen molar-refractivity contribution in [2.75, 3.05) is 106 Å². The average Bonchev–Trinajstić information content (AvgIpc) is 2.85. The Bertz CT molecular complexity index is 334. The largest absolute Gasteiger partial charge is 0.379 e. The van der Waals surface area contributed by atoms with E-state index in [0.717, 1.165) is 39.3 Å². The Hall–Kier alpha value is -0.320. The normalized spacial score (nSPS) is 23.6. The molecule has 0 aromatic heterocycles. The lowest BCUT2D eigenvalue weighted by atomic mass is 9.99. The van der Waals surface area contributed by atoms with Gasteiger partial charge in [-0.1, -0.05) is 25.7 Å². The van der Waals surface area contributed by atoms with Crippen molar-refractivity contribution in [2.24, 2.45) is 11.8 Å². The van der Waals surface area contributed by atoms with Gasteiger partial charge in [0.1, 0.15) is 0 Å². The summed E-state index contributed by atoms with van der Waals surface area (Å²) in [5.41, 5.74) is 0. The molecule has 0 radical (unpaired) electrons. The molecule has 190 valence electrons. The van der Waals surface area contributed by atoms with E-state index in [1.807, 2.05) is 0 Å². The van der Waals surface area contributed by atoms with Gasteiger partial charge in [0.15, 0.2) is 0 Å². The van der Waals surface area contributed by atoms with Crippen molar-refractivity contribution < 1.29 is 37.9 Å². The minimum absolute atomic E-state index is 0.442. The highest BCUT2D eigenvalue weighted by Crippen LogP contribution is 2.16. The van der Waals surface area contributed by atoms with Crippen molar-refractivity contribution in [3.05, 3.63) is 0 Å². The van der Waals surface area contributed by atoms with Crippen molar-refractivity contribution >= 4 is 0 Å². The molecule has 0 aromatic carbocycles. The standard InChI is InChI=1S/C24H46O8/c1(3-5-23-19-29-15-11-25-7-8-26-12-16-30-20-23)2-4-6-24-21-31-17-13-27-9-10-28-14-18-32-22-24/h23-24H,1-22H2. The molecule has 2 saturated heterocycles. The van der Waals surface area contributed by atoms with Crippen molar-refractivity contribution in [3.8, 4) is 0 Å². The lowest BCUT2D eigenvalue weighted by Crippen LogP contribution is -2.19. The molecule has 8 heteroatoms. The summed E-state index contributed by atoms with van der Waals surface area (Å²) >= 11 is 0. The van der Waals surface area contributed by atoms with Gasteiger partial charge >= 0.3 is 0 Å². The molecule has 0 bridgehead atoms. The van der Waals surface area contributed by atoms with Gasteiger partial charge in [-0.25, -0.2) is 0 Å². The zero-order valence-corrected chi connectivity index (χ0v) is 20.0. The zero-order valence-electron chi connectivity index (χ0n) is 20.0. The third-order valence-electron chi connectivity index (χ3n) is 5.62. The van der Waals surface area contributed by atoms with Gasteiger partial charge in [0.2, 0.25) is 0 Å². The van der Waals surface area contributed by atoms with Crippen LogP contribution < -0.4 is 0 Å². The minimum Gasteiger partial charge on any atom is -0.379 e. The van der Waals surface area contributed by atoms with Gasteiger partial charge < -0.3 is 37.9 Å². The van der Waals surface area contributed by atoms with Gasteiger partial charge in [-0.15, -0.1) is 0 Å². The van der Waals surface area contributed by atoms with Crippen LogP contribution in [0.1, 0.15) is 38.5 Å². The molecule has 0 aliphatic carbocycles. The van der Waals surface area contributed by atoms with Crippen LogP contribution in [-0.4, -0.2) is 106 Å². The van der Waals surface area contributed by atoms with Crippen LogP contribution in [0.5, 0.6) is 0 Å². The topological polar surface area (TPSA) is 73.8 Å². The number of hydrogen-bond donors (Lipinski definition) is 0. The van der Waals surface area contributed by atoms with Gasteiger partial charge in [-0.2, -0.15) is 0 Å². The highest BCUT2D eigenvalue weighted by atomic mass is 16.6. The molecule has 0 saturated carbocycles. The number of unbranched alkanes of at least 4 members (excludes halogenated alkanes) is 3. The fraction of sp³-hybridized carbons (Fsp3) is 1.00. The second kappa shape index (κ2) is 21.2. The molecule has 0 N–H and O–H groups in total. The smallest absolute Gasteiger partial charge is 0.0701 e. The summed E-state index contributed by atoms with van der Waals surface area (Å²) in [6.45, 7) is 10.5. The maximum atomic E-state index is 5.79. The average molecular weight is 463 g/mol. The van der Waals surface area contributed by atoms with E-state index in [0.29, 0.717) is 91.1 Å². The van der Waals surface area contributed by atoms with Gasteiger partial charge in [-0.3, -0.25) is 0 Å². The van der Waals surface area contributed by atoms with E-state index in [9.17, 15) is 0 Å². The first-order valence-corrected chi connectivity index (χ1v) is 12.6. The highest BCUT2D eigenvalue weighted by Gasteiger charge is 2.12. The maximum Gasteiger partial charge on any atom is 0.0701 e. The van der Waals surface area contributed by atoms with Gasteiger partial charge in [0.25, 0.3) is 0 Å². The van der Waals surface area contributed by atoms with Crippen LogP contribution in [0.4, 0.5) is 0 Å². The third-order valence-corrected chi connectivity index (χ3v) is 5.62. The van der Waals surface area contributed by atoms with E-state index in [-0.39, 0.29) is 0 Å². The van der Waals surface area contributed by atoms with Crippen molar-refractivity contribution in [3.63, 3.8) is 0 Å². The van der Waals surface area contributed by atoms with Crippen LogP contribution >= 0.6 is 0 Å². The predicted octanol–water partition coefficient (Wildman–Crippen LogP) is 2.72. The Balaban J connectivity index is 1.54. The molecular weight excluding hydrogens is 416 g/mol. The van der Waals surface area contributed by atoms with E-state index in [2.05, 4.69) is 0 Å². The predicted molar refractivity (Wildman–Crippen MR) is 121 cm³/mol. The molecule has 0 amide bonds. The lowest BCUT2D eigenvalue weighted by Gasteiger charge is -2.18. The second-order valence-corrected chi connectivity index (χ2v) is 8.47. The number of ether oxygens (including phenoxy) is 8. The lowest BCUT2D eigenvalue weighted by molar-refractivity contribution is 0.0106. The van der Waals surface area contributed by atoms with E-state index < -0.39 is 0 Å². The second-order valence-electron chi connectivity index (χ2n) is 8.47. The SMILES string of the molecule is C(CCCC1COCCOCCOCCOC1)CCC1COCCOCCOCCOC1. The van der Waals surface area contributed by atoms with Crippen LogP contribution in [-0.2, 0) is 37.9 Å². The highest BCUT2D eigenvalue weighted by molar-refractivity contribution is 4.62. The van der Waals surface area contributed by atoms with Crippen molar-refractivity contribution in [2.45, 2.75) is 38.5 Å². The quantitative estimate of drug-likeness (QED) is 0.535. The molecule has 2 heterocycles. The molecule has 2 rings (SSSR count). The Morgan fingerprint density at radius 3 is 0.844 bits per heavy atom. The Morgan fingerprint density at radius 1 is 0.312 bits per heavy atom. The first-order valence-electron chi connectivity index (χ1n) is 12.6. The van der Waals surface area contributed by atoms with E-state index in [1.54, 1.807) is 0 Å².